The highest BCUT2D eigenvalue weighted by molar-refractivity contribution is 7.66. The first-order valence-corrected chi connectivity index (χ1v) is 19.0. The second-order valence-corrected chi connectivity index (χ2v) is 15.8. The topological polar surface area (TPSA) is 311 Å². The van der Waals surface area contributed by atoms with Gasteiger partial charge in [0.1, 0.15) is 6.23 Å². The fourth-order valence-corrected chi connectivity index (χ4v) is 7.75. The largest absolute Gasteiger partial charge is 0.490 e. The Morgan fingerprint density at radius 1 is 1.15 bits per heavy atom. The third-order valence-corrected chi connectivity index (χ3v) is 11.0. The molecule has 1 aromatic heterocycles. The van der Waals surface area contributed by atoms with E-state index in [9.17, 15) is 46.1 Å². The molecule has 0 spiro atoms. The molecule has 284 valence electrons. The molecule has 1 aliphatic carbocycles. The van der Waals surface area contributed by atoms with E-state index < -0.39 is 77.6 Å². The van der Waals surface area contributed by atoms with Gasteiger partial charge in [0.15, 0.2) is 0 Å². The number of carbonyl (C=O) groups excluding carboxylic acids is 1. The zero-order valence-corrected chi connectivity index (χ0v) is 29.3. The van der Waals surface area contributed by atoms with Gasteiger partial charge in [0.05, 0.1) is 24.4 Å². The first-order chi connectivity index (χ1) is 23.9. The van der Waals surface area contributed by atoms with Crippen molar-refractivity contribution in [1.29, 1.82) is 0 Å². The summed E-state index contributed by atoms with van der Waals surface area (Å²) in [4.78, 5) is 75.2. The Morgan fingerprint density at radius 2 is 1.83 bits per heavy atom. The number of rotatable bonds is 9. The lowest BCUT2D eigenvalue weighted by atomic mass is 9.90. The first kappa shape index (κ1) is 41.2. The number of carbonyl (C=O) groups is 1. The van der Waals surface area contributed by atoms with Crippen LogP contribution in [0.2, 0.25) is 5.02 Å². The molecule has 0 radical (unpaired) electrons. The van der Waals surface area contributed by atoms with E-state index in [0.717, 1.165) is 23.5 Å². The number of aromatic amines is 1. The van der Waals surface area contributed by atoms with Gasteiger partial charge >= 0.3 is 41.4 Å². The number of azide groups is 1. The number of cyclic esters (lactones) is 1. The molecule has 5 rings (SSSR count). The van der Waals surface area contributed by atoms with Crippen molar-refractivity contribution in [3.63, 3.8) is 0 Å². The number of phosphoric ester groups is 1. The Labute approximate surface area is 293 Å². The van der Waals surface area contributed by atoms with Gasteiger partial charge in [-0.1, -0.05) is 22.6 Å². The van der Waals surface area contributed by atoms with E-state index in [1.165, 1.54) is 25.3 Å². The maximum Gasteiger partial charge on any atom is 0.490 e. The number of fused-ring (bicyclic) bond motifs is 1. The third-order valence-electron chi connectivity index (χ3n) is 6.95. The molecule has 3 unspecified atom stereocenters. The summed E-state index contributed by atoms with van der Waals surface area (Å²) in [6.07, 6.45) is -5.80. The number of alkyl halides is 3. The molecule has 1 aromatic carbocycles. The van der Waals surface area contributed by atoms with E-state index in [1.54, 1.807) is 0 Å². The summed E-state index contributed by atoms with van der Waals surface area (Å²) in [7, 11) is -16.7. The number of ether oxygens (including phenoxy) is 2. The van der Waals surface area contributed by atoms with Crippen LogP contribution in [-0.4, -0.2) is 60.1 Å². The van der Waals surface area contributed by atoms with Crippen LogP contribution >= 0.6 is 35.1 Å². The lowest BCUT2D eigenvalue weighted by molar-refractivity contribution is -0.239. The van der Waals surface area contributed by atoms with Crippen LogP contribution in [0.3, 0.4) is 0 Å². The van der Waals surface area contributed by atoms with Gasteiger partial charge in [0.25, 0.3) is 11.2 Å². The summed E-state index contributed by atoms with van der Waals surface area (Å²) in [5, 5.41) is 5.75. The van der Waals surface area contributed by atoms with Gasteiger partial charge in [-0.05, 0) is 49.4 Å². The molecule has 1 saturated heterocycles. The van der Waals surface area contributed by atoms with Crippen LogP contribution in [0.15, 0.2) is 39.1 Å². The third kappa shape index (κ3) is 10.6. The van der Waals surface area contributed by atoms with Crippen LogP contribution in [0, 0.1) is 24.7 Å². The Bertz CT molecular complexity index is 2110. The van der Waals surface area contributed by atoms with Crippen molar-refractivity contribution in [1.82, 2.24) is 9.55 Å². The van der Waals surface area contributed by atoms with Gasteiger partial charge in [-0.3, -0.25) is 24.2 Å². The minimum absolute atomic E-state index is 0.00179. The van der Waals surface area contributed by atoms with E-state index in [0.29, 0.717) is 0 Å². The number of hydrogen-bond acceptors (Lipinski definition) is 12. The molecule has 2 fully saturated rings. The van der Waals surface area contributed by atoms with Crippen molar-refractivity contribution in [2.24, 2.45) is 11.0 Å². The van der Waals surface area contributed by atoms with Gasteiger partial charge < -0.3 is 29.0 Å². The second kappa shape index (κ2) is 15.5. The predicted molar refractivity (Wildman–Crippen MR) is 167 cm³/mol. The molecule has 28 heteroatoms. The number of nitrogens with one attached hydrogen (secondary N) is 2. The lowest BCUT2D eigenvalue weighted by Crippen LogP contribution is -2.49. The molecule has 3 aliphatic rings. The number of aromatic nitrogens is 2. The fourth-order valence-electron chi connectivity index (χ4n) is 4.55. The molecule has 1 saturated carbocycles. The summed E-state index contributed by atoms with van der Waals surface area (Å²) in [6.45, 7) is 0.544. The van der Waals surface area contributed by atoms with Crippen molar-refractivity contribution in [3.8, 4) is 11.8 Å². The predicted octanol–water partition coefficient (Wildman–Crippen LogP) is 4.23. The first-order valence-electron chi connectivity index (χ1n) is 14.1. The van der Waals surface area contributed by atoms with E-state index in [4.69, 9.17) is 36.5 Å². The molecule has 52 heavy (non-hydrogen) atoms. The molecule has 6 atom stereocenters. The summed E-state index contributed by atoms with van der Waals surface area (Å²) in [6, 6.07) is 2.77. The van der Waals surface area contributed by atoms with Crippen LogP contribution in [0.4, 0.5) is 23.7 Å². The zero-order chi connectivity index (χ0) is 38.9. The average Bonchev–Trinajstić information content (AvgIpc) is 3.74. The number of nitrogens with zero attached hydrogens (tertiary/aromatic N) is 4. The fraction of sp³-hybridized carbons (Fsp3) is 0.458. The molecular formula is C24H25ClF3N6O15P3. The van der Waals surface area contributed by atoms with Crippen molar-refractivity contribution in [3.05, 3.63) is 71.8 Å². The minimum atomic E-state index is -5.70. The Hall–Kier alpha value is -3.51. The van der Waals surface area contributed by atoms with Crippen LogP contribution in [0.5, 0.6) is 0 Å². The normalized spacial score (nSPS) is 24.9. The molecule has 3 heterocycles. The average molecular weight is 823 g/mol. The highest BCUT2D eigenvalue weighted by Gasteiger charge is 2.62. The zero-order valence-electron chi connectivity index (χ0n) is 25.9. The number of aryl methyl sites for hydroxylation is 1. The number of H-pyrrole nitrogens is 1. The van der Waals surface area contributed by atoms with Gasteiger partial charge in [0, 0.05) is 39.6 Å². The Balaban J connectivity index is 0.000000249. The minimum Gasteiger partial charge on any atom is -0.415 e. The highest BCUT2D eigenvalue weighted by Crippen LogP contribution is 2.66. The standard InChI is InChI=1S/C14H9ClF3NO2.C10H16N5O13P3/c15-9-3-4-11-10(7-9)13(14(16,17)18,21-12(20)19-11)6-5-8-1-2-8;1-5-3-15(10(17)12-9(5)16)8-2-6(13-14-11)7(26-8)4-25-30(21,22)28-31(23,24)27-29(18,19)20/h3-4,7-8H,1-2H2,(H,19,20);3,6-8H,2,4H2,1H3,(H,21,22)(H,23,24)(H,12,16,17)(H2,18,19,20)/t13-;6?,7-,8-/m01/s1. The highest BCUT2D eigenvalue weighted by atomic mass is 35.5. The number of anilines is 1. The van der Waals surface area contributed by atoms with E-state index >= 15 is 0 Å². The monoisotopic (exact) mass is 822 g/mol. The summed E-state index contributed by atoms with van der Waals surface area (Å²) in [5.74, 6) is 4.60. The number of amides is 1. The van der Waals surface area contributed by atoms with E-state index in [-0.39, 0.29) is 34.2 Å². The molecule has 1 amide bonds. The van der Waals surface area contributed by atoms with Gasteiger partial charge in [0.2, 0.25) is 0 Å². The van der Waals surface area contributed by atoms with Crippen LogP contribution in [0.25, 0.3) is 10.4 Å². The summed E-state index contributed by atoms with van der Waals surface area (Å²) in [5.41, 5.74) is 4.11. The van der Waals surface area contributed by atoms with E-state index in [1.807, 2.05) is 4.98 Å². The summed E-state index contributed by atoms with van der Waals surface area (Å²) < 4.78 is 97.2. The number of benzene rings is 1. The molecular weight excluding hydrogens is 798 g/mol. The SMILES string of the molecule is Cc1cn([C@H]2CC(N=[N+]=[N-])[C@@H](COP(=O)(O)OP(=O)(O)OP(=O)(O)O)O2)c(=O)[nH]c1=O.O=C1Nc2ccc(Cl)cc2[C@@](C#CC2CC2)(C(F)(F)F)O1. The number of halogens is 4. The maximum atomic E-state index is 13.6. The maximum absolute atomic E-state index is 13.6. The lowest BCUT2D eigenvalue weighted by Gasteiger charge is -2.35. The van der Waals surface area contributed by atoms with Gasteiger partial charge in [-0.2, -0.15) is 21.8 Å². The molecule has 21 nitrogen and oxygen atoms in total. The van der Waals surface area contributed by atoms with Gasteiger partial charge in [-0.25, -0.2) is 23.3 Å². The summed E-state index contributed by atoms with van der Waals surface area (Å²) >= 11 is 5.78. The smallest absolute Gasteiger partial charge is 0.415 e. The number of phosphoric acid groups is 3. The molecule has 2 aromatic rings. The van der Waals surface area contributed by atoms with Crippen molar-refractivity contribution >= 4 is 46.8 Å². The van der Waals surface area contributed by atoms with Crippen molar-refractivity contribution in [2.75, 3.05) is 11.9 Å². The molecule has 2 aliphatic heterocycles. The van der Waals surface area contributed by atoms with Crippen LogP contribution < -0.4 is 16.6 Å². The van der Waals surface area contributed by atoms with E-state index in [2.05, 4.69) is 45.1 Å². The number of hydrogen-bond donors (Lipinski definition) is 6. The van der Waals surface area contributed by atoms with Gasteiger partial charge in [-0.15, -0.1) is 0 Å². The second-order valence-electron chi connectivity index (χ2n) is 10.9. The Morgan fingerprint density at radius 3 is 2.42 bits per heavy atom. The Kier molecular flexibility index (Phi) is 12.3. The van der Waals surface area contributed by atoms with Crippen LogP contribution in [-0.2, 0) is 41.9 Å². The van der Waals surface area contributed by atoms with Crippen molar-refractivity contribution in [2.45, 2.75) is 56.3 Å². The van der Waals surface area contributed by atoms with Crippen molar-refractivity contribution < 1.29 is 73.9 Å². The quantitative estimate of drug-likeness (QED) is 0.0678. The molecule has 6 N–H and O–H groups in total. The molecule has 0 bridgehead atoms. The van der Waals surface area contributed by atoms with Crippen LogP contribution in [0.1, 0.15) is 36.6 Å².